The van der Waals surface area contributed by atoms with Gasteiger partial charge in [-0.1, -0.05) is 0 Å². The highest BCUT2D eigenvalue weighted by atomic mass is 127. The number of rotatable bonds is 2. The van der Waals surface area contributed by atoms with Gasteiger partial charge in [-0.25, -0.2) is 13.1 Å². The topological polar surface area (TPSA) is 83.5 Å². The monoisotopic (exact) mass is 341 g/mol. The van der Waals surface area contributed by atoms with Crippen molar-refractivity contribution in [3.63, 3.8) is 0 Å². The van der Waals surface area contributed by atoms with Gasteiger partial charge in [0.25, 0.3) is 5.91 Å². The van der Waals surface area contributed by atoms with Gasteiger partial charge in [0, 0.05) is 5.56 Å². The van der Waals surface area contributed by atoms with Crippen molar-refractivity contribution in [2.75, 3.05) is 6.26 Å². The van der Waals surface area contributed by atoms with Crippen molar-refractivity contribution in [2.45, 2.75) is 0 Å². The quantitative estimate of drug-likeness (QED) is 0.776. The molecule has 0 heterocycles. The smallest absolute Gasteiger partial charge is 0.264 e. The van der Waals surface area contributed by atoms with Crippen LogP contribution in [0.2, 0.25) is 0 Å². The van der Waals surface area contributed by atoms with Gasteiger partial charge in [-0.05, 0) is 40.8 Å². The maximum Gasteiger partial charge on any atom is 0.264 e. The molecule has 0 saturated heterocycles. The molecule has 0 bridgehead atoms. The Morgan fingerprint density at radius 2 is 2.07 bits per heavy atom. The van der Waals surface area contributed by atoms with Crippen molar-refractivity contribution in [2.24, 2.45) is 0 Å². The molecule has 82 valence electrons. The number of aromatic hydroxyl groups is 1. The van der Waals surface area contributed by atoms with E-state index in [2.05, 4.69) is 0 Å². The fraction of sp³-hybridized carbons (Fsp3) is 0.125. The van der Waals surface area contributed by atoms with E-state index in [1.165, 1.54) is 18.2 Å². The number of sulfonamides is 1. The van der Waals surface area contributed by atoms with Gasteiger partial charge in [0.15, 0.2) is 0 Å². The second kappa shape index (κ2) is 4.35. The Morgan fingerprint density at radius 1 is 1.47 bits per heavy atom. The third kappa shape index (κ3) is 3.67. The molecule has 1 aromatic carbocycles. The van der Waals surface area contributed by atoms with Crippen molar-refractivity contribution in [1.82, 2.24) is 4.72 Å². The summed E-state index contributed by atoms with van der Waals surface area (Å²) in [6.45, 7) is 0. The van der Waals surface area contributed by atoms with Gasteiger partial charge in [0.1, 0.15) is 5.75 Å². The SMILES string of the molecule is CS(=O)(=O)NC(=O)c1ccc(I)c(O)c1. The van der Waals surface area contributed by atoms with E-state index in [9.17, 15) is 18.3 Å². The maximum atomic E-state index is 11.3. The third-order valence-electron chi connectivity index (χ3n) is 1.49. The first kappa shape index (κ1) is 12.2. The van der Waals surface area contributed by atoms with Crippen LogP contribution in [0.4, 0.5) is 0 Å². The van der Waals surface area contributed by atoms with Crippen LogP contribution in [0.15, 0.2) is 18.2 Å². The van der Waals surface area contributed by atoms with E-state index in [1.54, 1.807) is 4.72 Å². The minimum Gasteiger partial charge on any atom is -0.507 e. The molecule has 2 N–H and O–H groups in total. The van der Waals surface area contributed by atoms with Crippen molar-refractivity contribution < 1.29 is 18.3 Å². The van der Waals surface area contributed by atoms with E-state index in [0.717, 1.165) is 6.26 Å². The van der Waals surface area contributed by atoms with Gasteiger partial charge < -0.3 is 5.11 Å². The molecule has 0 aliphatic heterocycles. The summed E-state index contributed by atoms with van der Waals surface area (Å²) in [6, 6.07) is 4.16. The molecular weight excluding hydrogens is 333 g/mol. The zero-order chi connectivity index (χ0) is 11.6. The molecule has 0 saturated carbocycles. The molecule has 1 amide bonds. The van der Waals surface area contributed by atoms with E-state index >= 15 is 0 Å². The lowest BCUT2D eigenvalue weighted by Gasteiger charge is -2.03. The number of carbonyl (C=O) groups is 1. The third-order valence-corrected chi connectivity index (χ3v) is 2.95. The molecule has 0 aromatic heterocycles. The van der Waals surface area contributed by atoms with Crippen LogP contribution in [0.5, 0.6) is 5.75 Å². The van der Waals surface area contributed by atoms with Crippen LogP contribution < -0.4 is 4.72 Å². The lowest BCUT2D eigenvalue weighted by atomic mass is 10.2. The summed E-state index contributed by atoms with van der Waals surface area (Å²) in [4.78, 5) is 11.3. The highest BCUT2D eigenvalue weighted by Crippen LogP contribution is 2.20. The molecule has 0 fully saturated rings. The molecule has 15 heavy (non-hydrogen) atoms. The molecule has 0 radical (unpaired) electrons. The summed E-state index contributed by atoms with van der Waals surface area (Å²) >= 11 is 1.89. The minimum absolute atomic E-state index is 0.0586. The van der Waals surface area contributed by atoms with E-state index in [4.69, 9.17) is 0 Å². The van der Waals surface area contributed by atoms with Crippen LogP contribution in [0.3, 0.4) is 0 Å². The number of hydrogen-bond donors (Lipinski definition) is 2. The average molecular weight is 341 g/mol. The molecule has 1 rings (SSSR count). The minimum atomic E-state index is -3.58. The Bertz CT molecular complexity index is 497. The Balaban J connectivity index is 2.98. The summed E-state index contributed by atoms with van der Waals surface area (Å²) < 4.78 is 23.9. The fourth-order valence-electron chi connectivity index (χ4n) is 0.881. The zero-order valence-electron chi connectivity index (χ0n) is 7.69. The molecule has 0 aliphatic rings. The van der Waals surface area contributed by atoms with E-state index < -0.39 is 15.9 Å². The van der Waals surface area contributed by atoms with E-state index in [-0.39, 0.29) is 11.3 Å². The van der Waals surface area contributed by atoms with Crippen molar-refractivity contribution in [3.05, 3.63) is 27.3 Å². The number of nitrogens with one attached hydrogen (secondary N) is 1. The number of amides is 1. The lowest BCUT2D eigenvalue weighted by Crippen LogP contribution is -2.29. The van der Waals surface area contributed by atoms with Crippen molar-refractivity contribution in [1.29, 1.82) is 0 Å². The van der Waals surface area contributed by atoms with Gasteiger partial charge in [0.2, 0.25) is 10.0 Å². The molecular formula is C8H8INO4S. The number of phenols is 1. The Hall–Kier alpha value is -0.830. The van der Waals surface area contributed by atoms with Crippen LogP contribution >= 0.6 is 22.6 Å². The van der Waals surface area contributed by atoms with Crippen LogP contribution in [0.1, 0.15) is 10.4 Å². The largest absolute Gasteiger partial charge is 0.507 e. The highest BCUT2D eigenvalue weighted by Gasteiger charge is 2.12. The summed E-state index contributed by atoms with van der Waals surface area (Å²) in [5.41, 5.74) is 0.0957. The van der Waals surface area contributed by atoms with Crippen molar-refractivity contribution in [3.8, 4) is 5.75 Å². The lowest BCUT2D eigenvalue weighted by molar-refractivity contribution is 0.0981. The first-order valence-electron chi connectivity index (χ1n) is 3.80. The first-order valence-corrected chi connectivity index (χ1v) is 6.77. The molecule has 0 aliphatic carbocycles. The Morgan fingerprint density at radius 3 is 2.53 bits per heavy atom. The summed E-state index contributed by atoms with van der Waals surface area (Å²) in [5.74, 6) is -0.819. The molecule has 1 aromatic rings. The standard InChI is InChI=1S/C8H8INO4S/c1-15(13,14)10-8(12)5-2-3-6(9)7(11)4-5/h2-4,11H,1H3,(H,10,12). The predicted octanol–water partition coefficient (Wildman–Crippen LogP) is 0.686. The van der Waals surface area contributed by atoms with Crippen LogP contribution in [-0.2, 0) is 10.0 Å². The number of halogens is 1. The summed E-state index contributed by atoms with van der Waals surface area (Å²) in [6.07, 6.45) is 0.886. The fourth-order valence-corrected chi connectivity index (χ4v) is 1.67. The van der Waals surface area contributed by atoms with E-state index in [0.29, 0.717) is 3.57 Å². The normalized spacial score (nSPS) is 11.1. The molecule has 0 spiro atoms. The second-order valence-electron chi connectivity index (χ2n) is 2.87. The van der Waals surface area contributed by atoms with Gasteiger partial charge in [0.05, 0.1) is 9.83 Å². The van der Waals surface area contributed by atoms with Crippen molar-refractivity contribution >= 4 is 38.5 Å². The Kier molecular flexibility index (Phi) is 3.55. The highest BCUT2D eigenvalue weighted by molar-refractivity contribution is 14.1. The predicted molar refractivity (Wildman–Crippen MR) is 63.1 cm³/mol. The van der Waals surface area contributed by atoms with Gasteiger partial charge in [-0.15, -0.1) is 0 Å². The van der Waals surface area contributed by atoms with Gasteiger partial charge in [-0.3, -0.25) is 4.79 Å². The molecule has 7 heteroatoms. The number of phenolic OH excluding ortho intramolecular Hbond substituents is 1. The summed E-state index contributed by atoms with van der Waals surface area (Å²) in [7, 11) is -3.58. The molecule has 5 nitrogen and oxygen atoms in total. The Labute approximate surface area is 101 Å². The maximum absolute atomic E-state index is 11.3. The van der Waals surface area contributed by atoms with Crippen LogP contribution in [-0.4, -0.2) is 25.7 Å². The average Bonchev–Trinajstić information content (AvgIpc) is 2.06. The zero-order valence-corrected chi connectivity index (χ0v) is 10.7. The summed E-state index contributed by atoms with van der Waals surface area (Å²) in [5, 5.41) is 9.31. The van der Waals surface area contributed by atoms with Crippen LogP contribution in [0, 0.1) is 3.57 Å². The first-order chi connectivity index (χ1) is 6.79. The van der Waals surface area contributed by atoms with Gasteiger partial charge in [-0.2, -0.15) is 0 Å². The second-order valence-corrected chi connectivity index (χ2v) is 5.78. The number of benzene rings is 1. The number of carbonyl (C=O) groups excluding carboxylic acids is 1. The number of hydrogen-bond acceptors (Lipinski definition) is 4. The van der Waals surface area contributed by atoms with E-state index in [1.807, 2.05) is 22.6 Å². The molecule has 0 atom stereocenters. The van der Waals surface area contributed by atoms with Crippen LogP contribution in [0.25, 0.3) is 0 Å². The molecule has 0 unspecified atom stereocenters. The van der Waals surface area contributed by atoms with Gasteiger partial charge >= 0.3 is 0 Å².